The van der Waals surface area contributed by atoms with Crippen LogP contribution in [0.3, 0.4) is 0 Å². The predicted molar refractivity (Wildman–Crippen MR) is 127 cm³/mol. The number of nitrogens with zero attached hydrogens (tertiary/aromatic N) is 3. The molecule has 1 fully saturated rings. The molecule has 0 aliphatic carbocycles. The van der Waals surface area contributed by atoms with Crippen LogP contribution in [-0.2, 0) is 6.42 Å². The van der Waals surface area contributed by atoms with Crippen molar-refractivity contribution in [1.29, 1.82) is 0 Å². The summed E-state index contributed by atoms with van der Waals surface area (Å²) >= 11 is 0. The summed E-state index contributed by atoms with van der Waals surface area (Å²) in [4.78, 5) is 33.7. The Balaban J connectivity index is 1.35. The lowest BCUT2D eigenvalue weighted by Crippen LogP contribution is -2.49. The lowest BCUT2D eigenvalue weighted by Gasteiger charge is -2.35. The summed E-state index contributed by atoms with van der Waals surface area (Å²) in [5, 5.41) is 2.98. The Bertz CT molecular complexity index is 1120. The van der Waals surface area contributed by atoms with Crippen LogP contribution in [0.1, 0.15) is 26.5 Å². The molecule has 178 valence electrons. The molecule has 9 nitrogen and oxygen atoms in total. The van der Waals surface area contributed by atoms with Gasteiger partial charge in [0.15, 0.2) is 17.3 Å². The van der Waals surface area contributed by atoms with E-state index >= 15 is 0 Å². The number of piperazine rings is 1. The van der Waals surface area contributed by atoms with E-state index in [0.717, 1.165) is 5.56 Å². The number of nitrogens with one attached hydrogen (secondary N) is 1. The van der Waals surface area contributed by atoms with Gasteiger partial charge in [-0.15, -0.1) is 0 Å². The summed E-state index contributed by atoms with van der Waals surface area (Å²) in [5.41, 5.74) is 1.54. The van der Waals surface area contributed by atoms with Crippen molar-refractivity contribution in [2.45, 2.75) is 6.42 Å². The minimum atomic E-state index is -0.183. The number of benzene rings is 1. The molecule has 3 aromatic rings. The molecule has 9 heteroatoms. The van der Waals surface area contributed by atoms with Crippen LogP contribution in [0.2, 0.25) is 0 Å². The first kappa shape index (κ1) is 23.2. The minimum Gasteiger partial charge on any atom is -0.493 e. The van der Waals surface area contributed by atoms with Crippen LogP contribution in [0, 0.1) is 0 Å². The van der Waals surface area contributed by atoms with E-state index in [0.29, 0.717) is 67.8 Å². The molecule has 0 atom stereocenters. The van der Waals surface area contributed by atoms with Crippen LogP contribution in [0.5, 0.6) is 11.5 Å². The van der Waals surface area contributed by atoms with Gasteiger partial charge in [0, 0.05) is 38.9 Å². The van der Waals surface area contributed by atoms with Gasteiger partial charge in [0.05, 0.1) is 26.0 Å². The second kappa shape index (κ2) is 10.7. The number of anilines is 1. The van der Waals surface area contributed by atoms with Gasteiger partial charge in [0.1, 0.15) is 5.82 Å². The van der Waals surface area contributed by atoms with E-state index < -0.39 is 0 Å². The quantitative estimate of drug-likeness (QED) is 0.547. The first-order chi connectivity index (χ1) is 16.6. The van der Waals surface area contributed by atoms with Crippen molar-refractivity contribution in [1.82, 2.24) is 15.2 Å². The number of carbonyl (C=O) groups excluding carboxylic acids is 2. The fourth-order valence-electron chi connectivity index (χ4n) is 3.96. The summed E-state index contributed by atoms with van der Waals surface area (Å²) in [7, 11) is 3.19. The first-order valence-electron chi connectivity index (χ1n) is 11.1. The van der Waals surface area contributed by atoms with Crippen molar-refractivity contribution in [3.8, 4) is 11.5 Å². The van der Waals surface area contributed by atoms with Gasteiger partial charge in [-0.3, -0.25) is 9.59 Å². The lowest BCUT2D eigenvalue weighted by molar-refractivity contribution is 0.0713. The summed E-state index contributed by atoms with van der Waals surface area (Å²) in [6, 6.07) is 12.6. The average Bonchev–Trinajstić information content (AvgIpc) is 3.43. The number of pyridine rings is 1. The van der Waals surface area contributed by atoms with Crippen molar-refractivity contribution >= 4 is 17.6 Å². The van der Waals surface area contributed by atoms with Crippen LogP contribution < -0.4 is 19.7 Å². The molecular weight excluding hydrogens is 436 g/mol. The van der Waals surface area contributed by atoms with Crippen LogP contribution in [0.15, 0.2) is 59.3 Å². The third-order valence-electron chi connectivity index (χ3n) is 5.78. The predicted octanol–water partition coefficient (Wildman–Crippen LogP) is 2.63. The topological polar surface area (TPSA) is 97.1 Å². The SMILES string of the molecule is COc1ccc(CCNC(=O)c2cccnc2N2CCN(C(=O)c3ccco3)CC2)cc1OC. The molecule has 0 radical (unpaired) electrons. The highest BCUT2D eigenvalue weighted by atomic mass is 16.5. The number of amides is 2. The second-order valence-electron chi connectivity index (χ2n) is 7.83. The standard InChI is InChI=1S/C25H28N4O5/c1-32-20-8-7-18(17-22(20)33-2)9-11-27-24(30)19-5-3-10-26-23(19)28-12-14-29(15-13-28)25(31)21-6-4-16-34-21/h3-8,10,16-17H,9,11-15H2,1-2H3,(H,27,30). The Kier molecular flexibility index (Phi) is 7.31. The maximum Gasteiger partial charge on any atom is 0.289 e. The fourth-order valence-corrected chi connectivity index (χ4v) is 3.96. The molecule has 3 heterocycles. The van der Waals surface area contributed by atoms with Gasteiger partial charge in [-0.05, 0) is 48.4 Å². The number of methoxy groups -OCH3 is 2. The number of furan rings is 1. The second-order valence-corrected chi connectivity index (χ2v) is 7.83. The number of carbonyl (C=O) groups is 2. The molecule has 0 unspecified atom stereocenters. The Morgan fingerprint density at radius 1 is 1.03 bits per heavy atom. The zero-order valence-electron chi connectivity index (χ0n) is 19.3. The highest BCUT2D eigenvalue weighted by Gasteiger charge is 2.26. The smallest absolute Gasteiger partial charge is 0.289 e. The molecular formula is C25H28N4O5. The maximum absolute atomic E-state index is 13.0. The van der Waals surface area contributed by atoms with Crippen LogP contribution in [0.4, 0.5) is 5.82 Å². The minimum absolute atomic E-state index is 0.126. The third kappa shape index (κ3) is 5.14. The van der Waals surface area contributed by atoms with Gasteiger partial charge in [0.25, 0.3) is 11.8 Å². The summed E-state index contributed by atoms with van der Waals surface area (Å²) in [5.74, 6) is 1.97. The van der Waals surface area contributed by atoms with E-state index in [1.807, 2.05) is 23.1 Å². The molecule has 1 aliphatic rings. The first-order valence-corrected chi connectivity index (χ1v) is 11.1. The van der Waals surface area contributed by atoms with Crippen molar-refractivity contribution in [3.63, 3.8) is 0 Å². The summed E-state index contributed by atoms with van der Waals surface area (Å²) < 4.78 is 15.8. The van der Waals surface area contributed by atoms with E-state index in [1.54, 1.807) is 49.6 Å². The largest absolute Gasteiger partial charge is 0.493 e. The van der Waals surface area contributed by atoms with E-state index in [1.165, 1.54) is 6.26 Å². The Labute approximate surface area is 198 Å². The van der Waals surface area contributed by atoms with E-state index in [2.05, 4.69) is 10.3 Å². The zero-order chi connectivity index (χ0) is 23.9. The molecule has 2 amide bonds. The van der Waals surface area contributed by atoms with Crippen molar-refractivity contribution in [2.24, 2.45) is 0 Å². The molecule has 34 heavy (non-hydrogen) atoms. The van der Waals surface area contributed by atoms with E-state index in [-0.39, 0.29) is 11.8 Å². The fraction of sp³-hybridized carbons (Fsp3) is 0.320. The Morgan fingerprint density at radius 2 is 1.82 bits per heavy atom. The van der Waals surface area contributed by atoms with Crippen molar-refractivity contribution < 1.29 is 23.5 Å². The highest BCUT2D eigenvalue weighted by molar-refractivity contribution is 5.99. The number of ether oxygens (including phenoxy) is 2. The number of rotatable bonds is 8. The molecule has 2 aromatic heterocycles. The Morgan fingerprint density at radius 3 is 2.53 bits per heavy atom. The van der Waals surface area contributed by atoms with Gasteiger partial charge in [-0.1, -0.05) is 6.07 Å². The lowest BCUT2D eigenvalue weighted by atomic mass is 10.1. The molecule has 0 bridgehead atoms. The number of hydrogen-bond acceptors (Lipinski definition) is 7. The van der Waals surface area contributed by atoms with Crippen LogP contribution >= 0.6 is 0 Å². The van der Waals surface area contributed by atoms with Crippen molar-refractivity contribution in [3.05, 3.63) is 71.8 Å². The van der Waals surface area contributed by atoms with Crippen LogP contribution in [0.25, 0.3) is 0 Å². The highest BCUT2D eigenvalue weighted by Crippen LogP contribution is 2.27. The van der Waals surface area contributed by atoms with Gasteiger partial charge in [-0.2, -0.15) is 0 Å². The zero-order valence-corrected chi connectivity index (χ0v) is 19.3. The molecule has 1 aliphatic heterocycles. The van der Waals surface area contributed by atoms with E-state index in [4.69, 9.17) is 13.9 Å². The summed E-state index contributed by atoms with van der Waals surface area (Å²) in [6.45, 7) is 2.67. The van der Waals surface area contributed by atoms with Gasteiger partial charge >= 0.3 is 0 Å². The van der Waals surface area contributed by atoms with Gasteiger partial charge in [0.2, 0.25) is 0 Å². The summed E-state index contributed by atoms with van der Waals surface area (Å²) in [6.07, 6.45) is 3.82. The molecule has 0 spiro atoms. The maximum atomic E-state index is 13.0. The van der Waals surface area contributed by atoms with E-state index in [9.17, 15) is 9.59 Å². The van der Waals surface area contributed by atoms with Crippen LogP contribution in [-0.4, -0.2) is 68.6 Å². The number of hydrogen-bond donors (Lipinski definition) is 1. The molecule has 0 saturated carbocycles. The Hall–Kier alpha value is -4.01. The third-order valence-corrected chi connectivity index (χ3v) is 5.78. The molecule has 4 rings (SSSR count). The molecule has 1 N–H and O–H groups in total. The van der Waals surface area contributed by atoms with Crippen molar-refractivity contribution in [2.75, 3.05) is 51.8 Å². The van der Waals surface area contributed by atoms with Gasteiger partial charge < -0.3 is 29.0 Å². The number of aromatic nitrogens is 1. The average molecular weight is 465 g/mol. The van der Waals surface area contributed by atoms with Gasteiger partial charge in [-0.25, -0.2) is 4.98 Å². The molecule has 1 aromatic carbocycles. The monoisotopic (exact) mass is 464 g/mol. The molecule has 1 saturated heterocycles. The normalized spacial score (nSPS) is 13.5.